The number of likely N-dealkylation sites (tertiary alicyclic amines) is 1. The minimum atomic E-state index is -0.434. The summed E-state index contributed by atoms with van der Waals surface area (Å²) in [6, 6.07) is 7.38. The average Bonchev–Trinajstić information content (AvgIpc) is 2.80. The van der Waals surface area contributed by atoms with Crippen molar-refractivity contribution in [2.24, 2.45) is 5.92 Å². The summed E-state index contributed by atoms with van der Waals surface area (Å²) in [7, 11) is 1.65. The smallest absolute Gasteiger partial charge is 0.220 e. The fraction of sp³-hybridized carbons (Fsp3) is 0.731. The second kappa shape index (κ2) is 10.2. The van der Waals surface area contributed by atoms with E-state index in [0.717, 1.165) is 69.2 Å². The molecule has 7 nitrogen and oxygen atoms in total. The van der Waals surface area contributed by atoms with Gasteiger partial charge in [-0.1, -0.05) is 6.42 Å². The number of hydrogen-bond acceptors (Lipinski definition) is 6. The first-order valence-corrected chi connectivity index (χ1v) is 12.8. The van der Waals surface area contributed by atoms with Crippen molar-refractivity contribution in [3.63, 3.8) is 0 Å². The number of carbonyl (C=O) groups excluding carboxylic acids is 1. The maximum atomic E-state index is 12.1. The molecule has 1 saturated carbocycles. The maximum absolute atomic E-state index is 12.1. The number of piperidine rings is 2. The van der Waals surface area contributed by atoms with Crippen molar-refractivity contribution in [3.8, 4) is 5.75 Å². The number of anilines is 1. The summed E-state index contributed by atoms with van der Waals surface area (Å²) in [5, 5.41) is 2.94. The van der Waals surface area contributed by atoms with E-state index in [-0.39, 0.29) is 5.91 Å². The molecule has 182 valence electrons. The molecule has 0 radical (unpaired) electrons. The van der Waals surface area contributed by atoms with Crippen molar-refractivity contribution in [2.75, 3.05) is 51.3 Å². The number of methoxy groups -OCH3 is 1. The lowest BCUT2D eigenvalue weighted by molar-refractivity contribution is -0.231. The molecule has 3 aliphatic heterocycles. The van der Waals surface area contributed by atoms with Crippen molar-refractivity contribution >= 4 is 11.6 Å². The zero-order valence-electron chi connectivity index (χ0n) is 20.0. The number of benzene rings is 1. The fourth-order valence-electron chi connectivity index (χ4n) is 5.66. The molecule has 1 aromatic rings. The number of carbonyl (C=O) groups is 1. The fourth-order valence-corrected chi connectivity index (χ4v) is 5.66. The number of nitrogens with one attached hydrogen (secondary N) is 1. The van der Waals surface area contributed by atoms with Gasteiger partial charge in [-0.05, 0) is 49.8 Å². The van der Waals surface area contributed by atoms with E-state index >= 15 is 0 Å². The van der Waals surface area contributed by atoms with E-state index < -0.39 is 5.79 Å². The number of ether oxygens (including phenoxy) is 3. The molecule has 1 spiro atoms. The summed E-state index contributed by atoms with van der Waals surface area (Å²) in [5.74, 6) is 1.15. The predicted octanol–water partition coefficient (Wildman–Crippen LogP) is 3.31. The Bertz CT molecular complexity index is 812. The molecule has 1 aromatic carbocycles. The lowest BCUT2D eigenvalue weighted by atomic mass is 9.89. The summed E-state index contributed by atoms with van der Waals surface area (Å²) in [5.41, 5.74) is 2.39. The van der Waals surface area contributed by atoms with Gasteiger partial charge in [-0.25, -0.2) is 0 Å². The van der Waals surface area contributed by atoms with Crippen LogP contribution in [-0.2, 0) is 20.9 Å². The third-order valence-corrected chi connectivity index (χ3v) is 8.06. The molecule has 3 heterocycles. The molecule has 2 saturated heterocycles. The summed E-state index contributed by atoms with van der Waals surface area (Å²) < 4.78 is 17.8. The van der Waals surface area contributed by atoms with Crippen LogP contribution in [0.2, 0.25) is 0 Å². The van der Waals surface area contributed by atoms with E-state index in [1.807, 2.05) is 0 Å². The van der Waals surface area contributed by atoms with E-state index in [2.05, 4.69) is 33.3 Å². The van der Waals surface area contributed by atoms with Crippen molar-refractivity contribution in [1.82, 2.24) is 10.2 Å². The van der Waals surface area contributed by atoms with Crippen LogP contribution < -0.4 is 15.0 Å². The van der Waals surface area contributed by atoms with Crippen molar-refractivity contribution in [3.05, 3.63) is 23.8 Å². The summed E-state index contributed by atoms with van der Waals surface area (Å²) >= 11 is 0. The highest BCUT2D eigenvalue weighted by molar-refractivity contribution is 5.76. The van der Waals surface area contributed by atoms with Gasteiger partial charge in [0.15, 0.2) is 0 Å². The Labute approximate surface area is 197 Å². The van der Waals surface area contributed by atoms with Gasteiger partial charge in [0.25, 0.3) is 0 Å². The molecule has 1 N–H and O–H groups in total. The van der Waals surface area contributed by atoms with Gasteiger partial charge in [-0.15, -0.1) is 0 Å². The highest BCUT2D eigenvalue weighted by Gasteiger charge is 2.42. The number of amides is 1. The van der Waals surface area contributed by atoms with Crippen LogP contribution in [-0.4, -0.2) is 69.1 Å². The number of hydrogen-bond donors (Lipinski definition) is 1. The largest absolute Gasteiger partial charge is 0.462 e. The Kier molecular flexibility index (Phi) is 7.09. The van der Waals surface area contributed by atoms with Gasteiger partial charge < -0.3 is 24.4 Å². The topological polar surface area (TPSA) is 63.3 Å². The second-order valence-corrected chi connectivity index (χ2v) is 10.2. The average molecular weight is 458 g/mol. The number of rotatable bonds is 7. The van der Waals surface area contributed by atoms with Crippen LogP contribution in [0.15, 0.2) is 18.2 Å². The Morgan fingerprint density at radius 3 is 2.64 bits per heavy atom. The van der Waals surface area contributed by atoms with Crippen LogP contribution in [0, 0.1) is 5.92 Å². The van der Waals surface area contributed by atoms with Crippen LogP contribution in [0.1, 0.15) is 56.9 Å². The van der Waals surface area contributed by atoms with Gasteiger partial charge in [0, 0.05) is 76.4 Å². The lowest BCUT2D eigenvalue weighted by Crippen LogP contribution is -2.54. The van der Waals surface area contributed by atoms with Gasteiger partial charge in [-0.2, -0.15) is 0 Å². The third-order valence-electron chi connectivity index (χ3n) is 8.06. The van der Waals surface area contributed by atoms with Crippen LogP contribution in [0.3, 0.4) is 0 Å². The molecule has 3 fully saturated rings. The first-order chi connectivity index (χ1) is 16.1. The molecule has 0 bridgehead atoms. The summed E-state index contributed by atoms with van der Waals surface area (Å²) in [4.78, 5) is 17.1. The van der Waals surface area contributed by atoms with Crippen LogP contribution in [0.25, 0.3) is 0 Å². The Hall–Kier alpha value is -1.83. The van der Waals surface area contributed by atoms with Crippen LogP contribution >= 0.6 is 0 Å². The Balaban J connectivity index is 1.11. The van der Waals surface area contributed by atoms with E-state index in [9.17, 15) is 4.79 Å². The van der Waals surface area contributed by atoms with Gasteiger partial charge >= 0.3 is 0 Å². The van der Waals surface area contributed by atoms with Crippen LogP contribution in [0.4, 0.5) is 5.69 Å². The standard InChI is InChI=1S/C26H39N3O4/c1-31-16-11-27-25(30)17-20-7-12-28(13-8-20)23-5-6-24-21(18-23)19-32-26(33-24)9-14-29(15-10-26)22-3-2-4-22/h5-6,18,20,22H,2-4,7-17,19H2,1H3,(H,27,30). The molecule has 1 aliphatic carbocycles. The van der Waals surface area contributed by atoms with Gasteiger partial charge in [-0.3, -0.25) is 9.69 Å². The van der Waals surface area contributed by atoms with E-state index in [1.165, 1.54) is 24.9 Å². The minimum Gasteiger partial charge on any atom is -0.462 e. The minimum absolute atomic E-state index is 0.140. The SMILES string of the molecule is COCCNC(=O)CC1CCN(c2ccc3c(c2)COC2(CCN(C4CCC4)CC2)O3)CC1. The third kappa shape index (κ3) is 5.31. The van der Waals surface area contributed by atoms with Crippen LogP contribution in [0.5, 0.6) is 5.75 Å². The molecular weight excluding hydrogens is 418 g/mol. The Morgan fingerprint density at radius 1 is 1.15 bits per heavy atom. The van der Waals surface area contributed by atoms with E-state index in [4.69, 9.17) is 14.2 Å². The van der Waals surface area contributed by atoms with Crippen molar-refractivity contribution in [1.29, 1.82) is 0 Å². The normalized spacial score (nSPS) is 23.6. The molecular formula is C26H39N3O4. The number of fused-ring (bicyclic) bond motifs is 1. The molecule has 0 unspecified atom stereocenters. The first-order valence-electron chi connectivity index (χ1n) is 12.8. The highest BCUT2D eigenvalue weighted by Crippen LogP contribution is 2.40. The predicted molar refractivity (Wildman–Crippen MR) is 127 cm³/mol. The maximum Gasteiger partial charge on any atom is 0.220 e. The van der Waals surface area contributed by atoms with Crippen molar-refractivity contribution < 1.29 is 19.0 Å². The van der Waals surface area contributed by atoms with E-state index in [1.54, 1.807) is 7.11 Å². The molecule has 33 heavy (non-hydrogen) atoms. The van der Waals surface area contributed by atoms with Gasteiger partial charge in [0.1, 0.15) is 5.75 Å². The van der Waals surface area contributed by atoms with Crippen molar-refractivity contribution in [2.45, 2.75) is 69.8 Å². The molecule has 7 heteroatoms. The lowest BCUT2D eigenvalue weighted by Gasteiger charge is -2.47. The number of nitrogens with zero attached hydrogens (tertiary/aromatic N) is 2. The van der Waals surface area contributed by atoms with Gasteiger partial charge in [0.05, 0.1) is 13.2 Å². The first kappa shape index (κ1) is 22.9. The van der Waals surface area contributed by atoms with E-state index in [0.29, 0.717) is 32.1 Å². The van der Waals surface area contributed by atoms with Gasteiger partial charge in [0.2, 0.25) is 11.7 Å². The second-order valence-electron chi connectivity index (χ2n) is 10.2. The monoisotopic (exact) mass is 457 g/mol. The molecule has 0 aromatic heterocycles. The molecule has 0 atom stereocenters. The zero-order valence-corrected chi connectivity index (χ0v) is 20.0. The quantitative estimate of drug-likeness (QED) is 0.634. The highest BCUT2D eigenvalue weighted by atomic mass is 16.7. The summed E-state index contributed by atoms with van der Waals surface area (Å²) in [6.45, 7) is 5.91. The summed E-state index contributed by atoms with van der Waals surface area (Å²) in [6.07, 6.45) is 8.72. The zero-order chi connectivity index (χ0) is 22.7. The molecule has 4 aliphatic rings. The Morgan fingerprint density at radius 2 is 1.94 bits per heavy atom. The molecule has 1 amide bonds. The molecule has 5 rings (SSSR count).